The van der Waals surface area contributed by atoms with Gasteiger partial charge in [-0.05, 0) is 37.3 Å². The van der Waals surface area contributed by atoms with Crippen LogP contribution < -0.4 is 9.80 Å². The van der Waals surface area contributed by atoms with Crippen molar-refractivity contribution in [2.24, 2.45) is 5.92 Å². The molecule has 0 spiro atoms. The fourth-order valence-corrected chi connectivity index (χ4v) is 4.66. The summed E-state index contributed by atoms with van der Waals surface area (Å²) in [6.45, 7) is 9.47. The highest BCUT2D eigenvalue weighted by Gasteiger charge is 2.30. The van der Waals surface area contributed by atoms with Gasteiger partial charge in [-0.3, -0.25) is 4.90 Å². The molecule has 6 heteroatoms. The Labute approximate surface area is 161 Å². The summed E-state index contributed by atoms with van der Waals surface area (Å²) in [5.41, 5.74) is 2.01. The van der Waals surface area contributed by atoms with E-state index in [1.807, 2.05) is 0 Å². The number of ether oxygens (including phenoxy) is 1. The van der Waals surface area contributed by atoms with Crippen LogP contribution in [0, 0.1) is 5.92 Å². The SMILES string of the molecule is c1ccc2nc(N3CCC(CN4CCOCC4)C3)c(N3CCCC3)nc2c1. The Morgan fingerprint density at radius 3 is 2.22 bits per heavy atom. The highest BCUT2D eigenvalue weighted by atomic mass is 16.5. The molecule has 1 unspecified atom stereocenters. The maximum Gasteiger partial charge on any atom is 0.172 e. The first-order valence-electron chi connectivity index (χ1n) is 10.4. The van der Waals surface area contributed by atoms with Gasteiger partial charge < -0.3 is 14.5 Å². The van der Waals surface area contributed by atoms with Crippen LogP contribution in [0.2, 0.25) is 0 Å². The van der Waals surface area contributed by atoms with E-state index in [1.54, 1.807) is 0 Å². The second-order valence-corrected chi connectivity index (χ2v) is 8.07. The summed E-state index contributed by atoms with van der Waals surface area (Å²) < 4.78 is 5.49. The Morgan fingerprint density at radius 2 is 1.52 bits per heavy atom. The predicted octanol–water partition coefficient (Wildman–Crippen LogP) is 2.39. The lowest BCUT2D eigenvalue weighted by molar-refractivity contribution is 0.0320. The molecular weight excluding hydrogens is 338 g/mol. The first kappa shape index (κ1) is 17.2. The number of fused-ring (bicyclic) bond motifs is 1. The van der Waals surface area contributed by atoms with Gasteiger partial charge in [0.15, 0.2) is 11.6 Å². The van der Waals surface area contributed by atoms with E-state index in [0.717, 1.165) is 75.2 Å². The molecule has 0 amide bonds. The molecule has 2 aromatic rings. The molecule has 1 aromatic heterocycles. The van der Waals surface area contributed by atoms with E-state index in [-0.39, 0.29) is 0 Å². The van der Waals surface area contributed by atoms with Crippen LogP contribution in [0.1, 0.15) is 19.3 Å². The minimum atomic E-state index is 0.711. The van der Waals surface area contributed by atoms with E-state index in [4.69, 9.17) is 14.7 Å². The molecule has 0 aliphatic carbocycles. The maximum absolute atomic E-state index is 5.49. The largest absolute Gasteiger partial charge is 0.379 e. The molecule has 0 bridgehead atoms. The van der Waals surface area contributed by atoms with Gasteiger partial charge in [-0.2, -0.15) is 0 Å². The van der Waals surface area contributed by atoms with Crippen LogP contribution in [0.5, 0.6) is 0 Å². The van der Waals surface area contributed by atoms with Crippen molar-refractivity contribution >= 4 is 22.7 Å². The molecular formula is C21H29N5O. The number of para-hydroxylation sites is 2. The number of hydrogen-bond donors (Lipinski definition) is 0. The first-order valence-corrected chi connectivity index (χ1v) is 10.4. The van der Waals surface area contributed by atoms with Crippen molar-refractivity contribution in [3.63, 3.8) is 0 Å². The summed E-state index contributed by atoms with van der Waals surface area (Å²) in [7, 11) is 0. The van der Waals surface area contributed by atoms with Gasteiger partial charge in [-0.15, -0.1) is 0 Å². The summed E-state index contributed by atoms with van der Waals surface area (Å²) in [6.07, 6.45) is 3.76. The standard InChI is InChI=1S/C21H29N5O/c1-2-6-19-18(5-1)22-20(25-8-3-4-9-25)21(23-19)26-10-7-17(16-26)15-24-11-13-27-14-12-24/h1-2,5-6,17H,3-4,7-16H2. The van der Waals surface area contributed by atoms with Gasteiger partial charge in [-0.25, -0.2) is 9.97 Å². The van der Waals surface area contributed by atoms with Crippen LogP contribution in [0.4, 0.5) is 11.6 Å². The lowest BCUT2D eigenvalue weighted by atomic mass is 10.1. The third kappa shape index (κ3) is 3.60. The lowest BCUT2D eigenvalue weighted by Gasteiger charge is -2.29. The Morgan fingerprint density at radius 1 is 0.852 bits per heavy atom. The summed E-state index contributed by atoms with van der Waals surface area (Å²) >= 11 is 0. The third-order valence-electron chi connectivity index (χ3n) is 6.15. The summed E-state index contributed by atoms with van der Waals surface area (Å²) in [5, 5.41) is 0. The smallest absolute Gasteiger partial charge is 0.172 e. The molecule has 27 heavy (non-hydrogen) atoms. The topological polar surface area (TPSA) is 44.7 Å². The number of anilines is 2. The molecule has 0 radical (unpaired) electrons. The molecule has 1 aromatic carbocycles. The predicted molar refractivity (Wildman–Crippen MR) is 109 cm³/mol. The van der Waals surface area contributed by atoms with Gasteiger partial charge >= 0.3 is 0 Å². The number of rotatable bonds is 4. The van der Waals surface area contributed by atoms with E-state index in [0.29, 0.717) is 5.92 Å². The molecule has 4 heterocycles. The summed E-state index contributed by atoms with van der Waals surface area (Å²) in [4.78, 5) is 17.6. The summed E-state index contributed by atoms with van der Waals surface area (Å²) in [5.74, 6) is 2.90. The molecule has 1 atom stereocenters. The Bertz CT molecular complexity index is 785. The average Bonchev–Trinajstić information content (AvgIpc) is 3.40. The van der Waals surface area contributed by atoms with Crippen molar-refractivity contribution in [1.29, 1.82) is 0 Å². The van der Waals surface area contributed by atoms with Crippen molar-refractivity contribution in [3.05, 3.63) is 24.3 Å². The Hall–Kier alpha value is -1.92. The van der Waals surface area contributed by atoms with Gasteiger partial charge in [0.2, 0.25) is 0 Å². The monoisotopic (exact) mass is 367 g/mol. The Balaban J connectivity index is 1.39. The summed E-state index contributed by atoms with van der Waals surface area (Å²) in [6, 6.07) is 8.28. The molecule has 5 rings (SSSR count). The average molecular weight is 367 g/mol. The van der Waals surface area contributed by atoms with Crippen LogP contribution in [0.15, 0.2) is 24.3 Å². The second kappa shape index (κ2) is 7.60. The molecule has 0 N–H and O–H groups in total. The molecule has 3 aliphatic rings. The van der Waals surface area contributed by atoms with Crippen LogP contribution in [0.3, 0.4) is 0 Å². The van der Waals surface area contributed by atoms with Crippen LogP contribution in [-0.2, 0) is 4.74 Å². The number of hydrogen-bond acceptors (Lipinski definition) is 6. The van der Waals surface area contributed by atoms with Crippen molar-refractivity contribution in [2.45, 2.75) is 19.3 Å². The van der Waals surface area contributed by atoms with Crippen LogP contribution in [0.25, 0.3) is 11.0 Å². The minimum absolute atomic E-state index is 0.711. The van der Waals surface area contributed by atoms with E-state index in [9.17, 15) is 0 Å². The number of benzene rings is 1. The van der Waals surface area contributed by atoms with Gasteiger partial charge in [0.05, 0.1) is 24.2 Å². The molecule has 144 valence electrons. The third-order valence-corrected chi connectivity index (χ3v) is 6.15. The van der Waals surface area contributed by atoms with Crippen molar-refractivity contribution in [2.75, 3.05) is 68.8 Å². The zero-order chi connectivity index (χ0) is 18.1. The van der Waals surface area contributed by atoms with Gasteiger partial charge in [0, 0.05) is 45.8 Å². The van der Waals surface area contributed by atoms with Crippen molar-refractivity contribution in [3.8, 4) is 0 Å². The van der Waals surface area contributed by atoms with Crippen LogP contribution >= 0.6 is 0 Å². The van der Waals surface area contributed by atoms with Gasteiger partial charge in [-0.1, -0.05) is 12.1 Å². The zero-order valence-corrected chi connectivity index (χ0v) is 16.0. The number of morpholine rings is 1. The first-order chi connectivity index (χ1) is 13.4. The molecule has 6 nitrogen and oxygen atoms in total. The van der Waals surface area contributed by atoms with Gasteiger partial charge in [0.1, 0.15) is 0 Å². The number of nitrogens with zero attached hydrogens (tertiary/aromatic N) is 5. The molecule has 3 fully saturated rings. The van der Waals surface area contributed by atoms with Crippen molar-refractivity contribution in [1.82, 2.24) is 14.9 Å². The van der Waals surface area contributed by atoms with E-state index >= 15 is 0 Å². The molecule has 3 saturated heterocycles. The minimum Gasteiger partial charge on any atom is -0.379 e. The zero-order valence-electron chi connectivity index (χ0n) is 16.0. The van der Waals surface area contributed by atoms with E-state index in [2.05, 4.69) is 39.0 Å². The molecule has 0 saturated carbocycles. The van der Waals surface area contributed by atoms with Crippen molar-refractivity contribution < 1.29 is 4.74 Å². The molecule has 3 aliphatic heterocycles. The van der Waals surface area contributed by atoms with E-state index in [1.165, 1.54) is 25.8 Å². The van der Waals surface area contributed by atoms with E-state index < -0.39 is 0 Å². The highest BCUT2D eigenvalue weighted by molar-refractivity contribution is 5.81. The normalized spacial score (nSPS) is 24.2. The van der Waals surface area contributed by atoms with Gasteiger partial charge in [0.25, 0.3) is 0 Å². The second-order valence-electron chi connectivity index (χ2n) is 8.07. The number of aromatic nitrogens is 2. The van der Waals surface area contributed by atoms with Crippen LogP contribution in [-0.4, -0.2) is 73.9 Å². The maximum atomic E-state index is 5.49. The lowest BCUT2D eigenvalue weighted by Crippen LogP contribution is -2.40. The highest BCUT2D eigenvalue weighted by Crippen LogP contribution is 2.33. The quantitative estimate of drug-likeness (QED) is 0.827. The fourth-order valence-electron chi connectivity index (χ4n) is 4.66. The fraction of sp³-hybridized carbons (Fsp3) is 0.619. The Kier molecular flexibility index (Phi) is 4.84.